The number of thiocyanates is 1. The average molecular weight is 285 g/mol. The Bertz CT molecular complexity index is 542. The van der Waals surface area contributed by atoms with Crippen molar-refractivity contribution in [2.75, 3.05) is 11.5 Å². The lowest BCUT2D eigenvalue weighted by Gasteiger charge is -2.21. The number of thioether (sulfide) groups is 1. The lowest BCUT2D eigenvalue weighted by Crippen LogP contribution is -2.36. The number of hydrogen-bond donors (Lipinski definition) is 1. The fraction of sp³-hybridized carbons (Fsp3) is 0.417. The molecule has 0 aromatic heterocycles. The summed E-state index contributed by atoms with van der Waals surface area (Å²) in [6.45, 7) is 3.29. The van der Waals surface area contributed by atoms with Gasteiger partial charge >= 0.3 is 0 Å². The van der Waals surface area contributed by atoms with E-state index in [1.54, 1.807) is 12.1 Å². The molecule has 18 heavy (non-hydrogen) atoms. The first kappa shape index (κ1) is 15.0. The summed E-state index contributed by atoms with van der Waals surface area (Å²) in [7, 11) is -3.54. The van der Waals surface area contributed by atoms with Crippen molar-refractivity contribution in [1.29, 1.82) is 5.26 Å². The summed E-state index contributed by atoms with van der Waals surface area (Å²) in [5.41, 5.74) is -0.440. The van der Waals surface area contributed by atoms with Crippen molar-refractivity contribution in [3.8, 4) is 5.40 Å². The molecule has 0 saturated carbocycles. The van der Waals surface area contributed by atoms with Gasteiger partial charge in [0.25, 0.3) is 0 Å². The molecule has 1 unspecified atom stereocenters. The minimum atomic E-state index is -3.54. The zero-order valence-electron chi connectivity index (χ0n) is 10.3. The van der Waals surface area contributed by atoms with Gasteiger partial charge in [-0.05, 0) is 37.7 Å². The number of benzene rings is 1. The van der Waals surface area contributed by atoms with Gasteiger partial charge < -0.3 is 5.11 Å². The molecule has 0 spiro atoms. The molecule has 0 bridgehead atoms. The van der Waals surface area contributed by atoms with Crippen LogP contribution in [0.25, 0.3) is 0 Å². The lowest BCUT2D eigenvalue weighted by atomic mass is 10.2. The van der Waals surface area contributed by atoms with Crippen LogP contribution >= 0.6 is 11.8 Å². The molecule has 1 atom stereocenters. The molecule has 0 radical (unpaired) electrons. The number of nitriles is 1. The summed E-state index contributed by atoms with van der Waals surface area (Å²) in [6, 6.07) is 6.48. The van der Waals surface area contributed by atoms with Gasteiger partial charge in [-0.1, -0.05) is 17.7 Å². The first-order chi connectivity index (χ1) is 8.27. The molecule has 1 rings (SSSR count). The highest BCUT2D eigenvalue weighted by Crippen LogP contribution is 2.20. The average Bonchev–Trinajstić information content (AvgIpc) is 2.25. The van der Waals surface area contributed by atoms with Crippen LogP contribution < -0.4 is 0 Å². The number of rotatable bonds is 5. The van der Waals surface area contributed by atoms with Crippen molar-refractivity contribution < 1.29 is 13.5 Å². The maximum absolute atomic E-state index is 12.1. The normalized spacial score (nSPS) is 14.8. The van der Waals surface area contributed by atoms with Crippen LogP contribution in [0.1, 0.15) is 12.5 Å². The Hall–Kier alpha value is -1.03. The lowest BCUT2D eigenvalue weighted by molar-refractivity contribution is 0.110. The summed E-state index contributed by atoms with van der Waals surface area (Å²) >= 11 is 0.844. The van der Waals surface area contributed by atoms with E-state index < -0.39 is 21.2 Å². The first-order valence-electron chi connectivity index (χ1n) is 5.29. The highest BCUT2D eigenvalue weighted by Gasteiger charge is 2.29. The van der Waals surface area contributed by atoms with E-state index in [9.17, 15) is 13.5 Å². The van der Waals surface area contributed by atoms with Gasteiger partial charge in [-0.2, -0.15) is 5.26 Å². The summed E-state index contributed by atoms with van der Waals surface area (Å²) < 4.78 is 24.1. The third kappa shape index (κ3) is 4.33. The second-order valence-electron chi connectivity index (χ2n) is 4.45. The predicted molar refractivity (Wildman–Crippen MR) is 71.9 cm³/mol. The van der Waals surface area contributed by atoms with Gasteiger partial charge in [-0.3, -0.25) is 0 Å². The van der Waals surface area contributed by atoms with E-state index in [0.29, 0.717) is 0 Å². The largest absolute Gasteiger partial charge is 0.388 e. The molecule has 1 N–H and O–H groups in total. The van der Waals surface area contributed by atoms with E-state index in [-0.39, 0.29) is 10.6 Å². The van der Waals surface area contributed by atoms with Crippen molar-refractivity contribution >= 4 is 21.6 Å². The third-order valence-electron chi connectivity index (χ3n) is 2.33. The molecular formula is C12H15NO3S2. The van der Waals surface area contributed by atoms with Crippen LogP contribution in [0.15, 0.2) is 29.2 Å². The van der Waals surface area contributed by atoms with Gasteiger partial charge in [0.1, 0.15) is 5.40 Å². The summed E-state index contributed by atoms with van der Waals surface area (Å²) in [6.07, 6.45) is 0. The number of aryl methyl sites for hydroxylation is 1. The third-order valence-corrected chi connectivity index (χ3v) is 5.22. The Kier molecular flexibility index (Phi) is 4.79. The van der Waals surface area contributed by atoms with Crippen molar-refractivity contribution in [3.63, 3.8) is 0 Å². The van der Waals surface area contributed by atoms with Crippen LogP contribution in [0.2, 0.25) is 0 Å². The number of sulfone groups is 1. The zero-order chi connectivity index (χ0) is 13.8. The van der Waals surface area contributed by atoms with Crippen molar-refractivity contribution in [3.05, 3.63) is 29.8 Å². The summed E-state index contributed by atoms with van der Waals surface area (Å²) in [4.78, 5) is 0.190. The van der Waals surface area contributed by atoms with E-state index in [1.807, 2.05) is 12.3 Å². The minimum Gasteiger partial charge on any atom is -0.388 e. The van der Waals surface area contributed by atoms with E-state index in [0.717, 1.165) is 17.3 Å². The molecule has 6 heteroatoms. The molecule has 1 aromatic carbocycles. The van der Waals surface area contributed by atoms with Crippen LogP contribution in [0, 0.1) is 17.6 Å². The molecule has 0 saturated heterocycles. The van der Waals surface area contributed by atoms with Gasteiger partial charge in [0.2, 0.25) is 0 Å². The van der Waals surface area contributed by atoms with Crippen LogP contribution in [0.5, 0.6) is 0 Å². The molecule has 4 nitrogen and oxygen atoms in total. The molecule has 0 fully saturated rings. The number of nitrogens with zero attached hydrogens (tertiary/aromatic N) is 1. The fourth-order valence-corrected chi connectivity index (χ4v) is 3.71. The molecular weight excluding hydrogens is 270 g/mol. The molecule has 0 aliphatic rings. The van der Waals surface area contributed by atoms with Crippen molar-refractivity contribution in [1.82, 2.24) is 0 Å². The Labute approximate surface area is 112 Å². The van der Waals surface area contributed by atoms with Gasteiger partial charge in [0.15, 0.2) is 9.84 Å². The molecule has 0 amide bonds. The van der Waals surface area contributed by atoms with Crippen LogP contribution in [-0.2, 0) is 9.84 Å². The summed E-state index contributed by atoms with van der Waals surface area (Å²) in [5.74, 6) is -0.327. The Morgan fingerprint density at radius 1 is 1.39 bits per heavy atom. The second kappa shape index (κ2) is 5.74. The maximum Gasteiger partial charge on any atom is 0.181 e. The maximum atomic E-state index is 12.1. The highest BCUT2D eigenvalue weighted by atomic mass is 32.2. The SMILES string of the molecule is Cc1ccc(S(=O)(=O)CC(C)(O)CSC#N)cc1. The zero-order valence-corrected chi connectivity index (χ0v) is 11.9. The van der Waals surface area contributed by atoms with Gasteiger partial charge in [-0.15, -0.1) is 0 Å². The fourth-order valence-electron chi connectivity index (χ4n) is 1.47. The van der Waals surface area contributed by atoms with Gasteiger partial charge in [0.05, 0.1) is 16.2 Å². The number of aliphatic hydroxyl groups is 1. The Morgan fingerprint density at radius 2 is 1.94 bits per heavy atom. The quantitative estimate of drug-likeness (QED) is 0.834. The molecule has 0 heterocycles. The monoisotopic (exact) mass is 285 g/mol. The van der Waals surface area contributed by atoms with E-state index in [4.69, 9.17) is 5.26 Å². The molecule has 98 valence electrons. The minimum absolute atomic E-state index is 0.0641. The Balaban J connectivity index is 2.89. The van der Waals surface area contributed by atoms with E-state index >= 15 is 0 Å². The highest BCUT2D eigenvalue weighted by molar-refractivity contribution is 8.03. The van der Waals surface area contributed by atoms with E-state index in [2.05, 4.69) is 0 Å². The van der Waals surface area contributed by atoms with Crippen LogP contribution in [0.4, 0.5) is 0 Å². The smallest absolute Gasteiger partial charge is 0.181 e. The predicted octanol–water partition coefficient (Wildman–Crippen LogP) is 1.73. The topological polar surface area (TPSA) is 78.2 Å². The standard InChI is InChI=1S/C12H15NO3S2/c1-10-3-5-11(6-4-10)18(15,16)8-12(2,14)7-17-9-13/h3-6,14H,7-8H2,1-2H3. The van der Waals surface area contributed by atoms with Gasteiger partial charge in [-0.25, -0.2) is 8.42 Å². The summed E-state index contributed by atoms with van der Waals surface area (Å²) in [5, 5.41) is 20.2. The molecule has 0 aliphatic carbocycles. The molecule has 0 aliphatic heterocycles. The van der Waals surface area contributed by atoms with Crippen LogP contribution in [0.3, 0.4) is 0 Å². The second-order valence-corrected chi connectivity index (χ2v) is 7.20. The van der Waals surface area contributed by atoms with Crippen molar-refractivity contribution in [2.45, 2.75) is 24.3 Å². The van der Waals surface area contributed by atoms with Gasteiger partial charge in [0, 0.05) is 5.75 Å². The first-order valence-corrected chi connectivity index (χ1v) is 7.93. The van der Waals surface area contributed by atoms with Crippen molar-refractivity contribution in [2.24, 2.45) is 0 Å². The molecule has 1 aromatic rings. The van der Waals surface area contributed by atoms with E-state index in [1.165, 1.54) is 19.1 Å². The Morgan fingerprint density at radius 3 is 2.44 bits per heavy atom. The van der Waals surface area contributed by atoms with Crippen LogP contribution in [-0.4, -0.2) is 30.6 Å². The number of hydrogen-bond acceptors (Lipinski definition) is 5.